The number of carboxylic acid groups (broad SMARTS) is 1. The van der Waals surface area contributed by atoms with Gasteiger partial charge in [-0.1, -0.05) is 0 Å². The molecule has 9 heteroatoms. The molecule has 2 N–H and O–H groups in total. The van der Waals surface area contributed by atoms with Crippen LogP contribution in [0.2, 0.25) is 0 Å². The van der Waals surface area contributed by atoms with Crippen molar-refractivity contribution in [3.05, 3.63) is 64.2 Å². The van der Waals surface area contributed by atoms with Crippen molar-refractivity contribution in [1.29, 1.82) is 0 Å². The highest BCUT2D eigenvalue weighted by Crippen LogP contribution is 2.26. The summed E-state index contributed by atoms with van der Waals surface area (Å²) in [6.07, 6.45) is -0.0729. The second-order valence-corrected chi connectivity index (χ2v) is 5.62. The summed E-state index contributed by atoms with van der Waals surface area (Å²) in [5.74, 6) is -1.97. The first-order chi connectivity index (χ1) is 12.4. The molecule has 0 spiro atoms. The first-order valence-corrected chi connectivity index (χ1v) is 7.58. The number of benzene rings is 2. The summed E-state index contributed by atoms with van der Waals surface area (Å²) < 4.78 is 0. The largest absolute Gasteiger partial charge is 0.478 e. The van der Waals surface area contributed by atoms with E-state index in [-0.39, 0.29) is 23.4 Å². The number of nitrogens with one attached hydrogen (secondary N) is 1. The van der Waals surface area contributed by atoms with Crippen molar-refractivity contribution in [1.82, 2.24) is 0 Å². The van der Waals surface area contributed by atoms with Gasteiger partial charge >= 0.3 is 5.97 Å². The van der Waals surface area contributed by atoms with Gasteiger partial charge < -0.3 is 10.4 Å². The number of nitro benzene ring substituents is 1. The number of carbonyl (C=O) groups is 3. The van der Waals surface area contributed by atoms with Crippen molar-refractivity contribution >= 4 is 34.8 Å². The van der Waals surface area contributed by atoms with E-state index in [1.54, 1.807) is 0 Å². The van der Waals surface area contributed by atoms with Crippen LogP contribution >= 0.6 is 0 Å². The number of rotatable bonds is 5. The molecule has 1 fully saturated rings. The van der Waals surface area contributed by atoms with E-state index in [9.17, 15) is 24.5 Å². The molecule has 1 aliphatic heterocycles. The molecule has 0 aliphatic carbocycles. The summed E-state index contributed by atoms with van der Waals surface area (Å²) in [7, 11) is 0. The number of anilines is 2. The molecule has 0 aromatic heterocycles. The van der Waals surface area contributed by atoms with E-state index < -0.39 is 28.7 Å². The molecule has 1 heterocycles. The minimum atomic E-state index is -1.06. The number of non-ortho nitro benzene ring substituents is 1. The fourth-order valence-corrected chi connectivity index (χ4v) is 2.65. The van der Waals surface area contributed by atoms with Crippen molar-refractivity contribution in [3.8, 4) is 0 Å². The topological polar surface area (TPSA) is 130 Å². The van der Waals surface area contributed by atoms with Crippen LogP contribution in [0, 0.1) is 10.1 Å². The lowest BCUT2D eigenvalue weighted by molar-refractivity contribution is -0.384. The monoisotopic (exact) mass is 355 g/mol. The average molecular weight is 355 g/mol. The SMILES string of the molecule is O=C(O)c1ccc(NC2CC(=O)N(c3ccc([N+](=O)[O-])cc3)C2=O)cc1. The second-order valence-electron chi connectivity index (χ2n) is 5.62. The number of nitrogens with zero attached hydrogens (tertiary/aromatic N) is 2. The minimum Gasteiger partial charge on any atom is -0.478 e. The van der Waals surface area contributed by atoms with Crippen LogP contribution in [0.1, 0.15) is 16.8 Å². The van der Waals surface area contributed by atoms with E-state index in [1.807, 2.05) is 0 Å². The first kappa shape index (κ1) is 17.1. The molecule has 0 bridgehead atoms. The van der Waals surface area contributed by atoms with Crippen molar-refractivity contribution in [2.45, 2.75) is 12.5 Å². The van der Waals surface area contributed by atoms with Gasteiger partial charge in [0.1, 0.15) is 6.04 Å². The number of hydrogen-bond donors (Lipinski definition) is 2. The third-order valence-electron chi connectivity index (χ3n) is 3.94. The third kappa shape index (κ3) is 3.22. The van der Waals surface area contributed by atoms with Gasteiger partial charge in [0, 0.05) is 17.8 Å². The van der Waals surface area contributed by atoms with E-state index >= 15 is 0 Å². The number of nitro groups is 1. The maximum absolute atomic E-state index is 12.5. The van der Waals surface area contributed by atoms with Crippen LogP contribution in [-0.4, -0.2) is 33.9 Å². The molecule has 2 amide bonds. The van der Waals surface area contributed by atoms with Crippen molar-refractivity contribution in [2.24, 2.45) is 0 Å². The van der Waals surface area contributed by atoms with Gasteiger partial charge in [0.2, 0.25) is 5.91 Å². The fraction of sp³-hybridized carbons (Fsp3) is 0.118. The Bertz CT molecular complexity index is 892. The Kier molecular flexibility index (Phi) is 4.36. The number of hydrogen-bond acceptors (Lipinski definition) is 6. The molecule has 1 atom stereocenters. The summed E-state index contributed by atoms with van der Waals surface area (Å²) in [4.78, 5) is 46.7. The highest BCUT2D eigenvalue weighted by molar-refractivity contribution is 6.23. The number of carboxylic acids is 1. The summed E-state index contributed by atoms with van der Waals surface area (Å²) in [5.41, 5.74) is 0.737. The van der Waals surface area contributed by atoms with Gasteiger partial charge in [0.25, 0.3) is 11.6 Å². The Hall–Kier alpha value is -3.75. The maximum Gasteiger partial charge on any atom is 0.335 e. The predicted octanol–water partition coefficient (Wildman–Crippen LogP) is 2.04. The Morgan fingerprint density at radius 3 is 2.27 bits per heavy atom. The Balaban J connectivity index is 1.76. The van der Waals surface area contributed by atoms with Crippen LogP contribution in [0.15, 0.2) is 48.5 Å². The number of carbonyl (C=O) groups excluding carboxylic acids is 2. The van der Waals surface area contributed by atoms with Gasteiger partial charge in [-0.2, -0.15) is 0 Å². The third-order valence-corrected chi connectivity index (χ3v) is 3.94. The zero-order valence-corrected chi connectivity index (χ0v) is 13.3. The summed E-state index contributed by atoms with van der Waals surface area (Å²) >= 11 is 0. The zero-order chi connectivity index (χ0) is 18.8. The van der Waals surface area contributed by atoms with Crippen LogP contribution in [0.5, 0.6) is 0 Å². The zero-order valence-electron chi connectivity index (χ0n) is 13.3. The molecule has 2 aromatic carbocycles. The number of amides is 2. The molecule has 3 rings (SSSR count). The molecule has 9 nitrogen and oxygen atoms in total. The number of aromatic carboxylic acids is 1. The molecule has 2 aromatic rings. The fourth-order valence-electron chi connectivity index (χ4n) is 2.65. The molecule has 0 radical (unpaired) electrons. The maximum atomic E-state index is 12.5. The Labute approximate surface area is 147 Å². The second kappa shape index (κ2) is 6.63. The quantitative estimate of drug-likeness (QED) is 0.477. The van der Waals surface area contributed by atoms with Gasteiger partial charge in [-0.05, 0) is 36.4 Å². The van der Waals surface area contributed by atoms with Gasteiger partial charge in [-0.3, -0.25) is 19.7 Å². The summed E-state index contributed by atoms with van der Waals surface area (Å²) in [6.45, 7) is 0. The van der Waals surface area contributed by atoms with E-state index in [2.05, 4.69) is 5.32 Å². The van der Waals surface area contributed by atoms with Crippen LogP contribution in [-0.2, 0) is 9.59 Å². The van der Waals surface area contributed by atoms with Gasteiger partial charge in [-0.25, -0.2) is 9.69 Å². The summed E-state index contributed by atoms with van der Waals surface area (Å²) in [5, 5.41) is 22.5. The van der Waals surface area contributed by atoms with Crippen LogP contribution in [0.3, 0.4) is 0 Å². The van der Waals surface area contributed by atoms with Crippen LogP contribution in [0.25, 0.3) is 0 Å². The van der Waals surface area contributed by atoms with E-state index in [0.717, 1.165) is 4.90 Å². The van der Waals surface area contributed by atoms with Gasteiger partial charge in [0.15, 0.2) is 0 Å². The Morgan fingerprint density at radius 1 is 1.12 bits per heavy atom. The molecule has 26 heavy (non-hydrogen) atoms. The van der Waals surface area contributed by atoms with Crippen LogP contribution < -0.4 is 10.2 Å². The molecule has 0 saturated carbocycles. The highest BCUT2D eigenvalue weighted by Gasteiger charge is 2.39. The van der Waals surface area contributed by atoms with E-state index in [4.69, 9.17) is 5.11 Å². The van der Waals surface area contributed by atoms with Gasteiger partial charge in [-0.15, -0.1) is 0 Å². The van der Waals surface area contributed by atoms with E-state index in [1.165, 1.54) is 48.5 Å². The molecular formula is C17H13N3O6. The average Bonchev–Trinajstić information content (AvgIpc) is 2.89. The van der Waals surface area contributed by atoms with Crippen molar-refractivity contribution in [3.63, 3.8) is 0 Å². The van der Waals surface area contributed by atoms with Crippen molar-refractivity contribution in [2.75, 3.05) is 10.2 Å². The minimum absolute atomic E-state index is 0.0729. The highest BCUT2D eigenvalue weighted by atomic mass is 16.6. The predicted molar refractivity (Wildman–Crippen MR) is 91.0 cm³/mol. The molecule has 1 unspecified atom stereocenters. The van der Waals surface area contributed by atoms with Crippen molar-refractivity contribution < 1.29 is 24.4 Å². The normalized spacial score (nSPS) is 16.6. The van der Waals surface area contributed by atoms with Gasteiger partial charge in [0.05, 0.1) is 22.6 Å². The molecule has 1 saturated heterocycles. The van der Waals surface area contributed by atoms with Crippen LogP contribution in [0.4, 0.5) is 17.1 Å². The lowest BCUT2D eigenvalue weighted by atomic mass is 10.2. The standard InChI is InChI=1S/C17H13N3O6/c21-15-9-14(18-11-3-1-10(2-4-11)17(23)24)16(22)19(15)12-5-7-13(8-6-12)20(25)26/h1-8,14,18H,9H2,(H,23,24). The molecular weight excluding hydrogens is 342 g/mol. The molecule has 132 valence electrons. The lowest BCUT2D eigenvalue weighted by Crippen LogP contribution is -2.34. The Morgan fingerprint density at radius 2 is 1.73 bits per heavy atom. The smallest absolute Gasteiger partial charge is 0.335 e. The number of imide groups is 1. The summed E-state index contributed by atoms with van der Waals surface area (Å²) in [6, 6.07) is 10.1. The first-order valence-electron chi connectivity index (χ1n) is 7.58. The lowest BCUT2D eigenvalue weighted by Gasteiger charge is -2.16. The molecule has 1 aliphatic rings. The van der Waals surface area contributed by atoms with E-state index in [0.29, 0.717) is 5.69 Å².